The van der Waals surface area contributed by atoms with Gasteiger partial charge in [0.15, 0.2) is 0 Å². The molecule has 15 nitrogen and oxygen atoms in total. The molecule has 0 radical (unpaired) electrons. The van der Waals surface area contributed by atoms with Gasteiger partial charge in [0, 0.05) is 53.4 Å². The first kappa shape index (κ1) is 34.0. The fourth-order valence-corrected chi connectivity index (χ4v) is 12.1. The normalized spacial score (nSPS) is 53.3. The first-order valence-electron chi connectivity index (χ1n) is 17.1. The largest absolute Gasteiger partial charge is 0.472 e. The first-order valence-corrected chi connectivity index (χ1v) is 17.1. The third kappa shape index (κ3) is 3.56. The van der Waals surface area contributed by atoms with Gasteiger partial charge in [0.1, 0.15) is 28.8 Å². The van der Waals surface area contributed by atoms with E-state index < -0.39 is 112 Å². The lowest BCUT2D eigenvalue weighted by Crippen LogP contribution is -2.79. The van der Waals surface area contributed by atoms with Crippen molar-refractivity contribution in [3.63, 3.8) is 0 Å². The molecule has 50 heavy (non-hydrogen) atoms. The molecule has 0 aromatic carbocycles. The van der Waals surface area contributed by atoms with E-state index in [2.05, 4.69) is 0 Å². The zero-order chi connectivity index (χ0) is 36.0. The Morgan fingerprint density at radius 2 is 1.70 bits per heavy atom. The van der Waals surface area contributed by atoms with Crippen LogP contribution in [-0.2, 0) is 61.8 Å². The second kappa shape index (κ2) is 10.5. The van der Waals surface area contributed by atoms with Crippen molar-refractivity contribution in [2.75, 3.05) is 27.4 Å². The molecule has 4 saturated heterocycles. The van der Waals surface area contributed by atoms with E-state index in [1.54, 1.807) is 33.1 Å². The zero-order valence-corrected chi connectivity index (χ0v) is 29.0. The third-order valence-electron chi connectivity index (χ3n) is 14.0. The van der Waals surface area contributed by atoms with Crippen LogP contribution in [-0.4, -0.2) is 115 Å². The number of carbonyl (C=O) groups excluding carboxylic acids is 4. The van der Waals surface area contributed by atoms with Crippen LogP contribution in [0.15, 0.2) is 24.0 Å². The summed E-state index contributed by atoms with van der Waals surface area (Å²) in [4.78, 5) is 54.3. The number of fused-ring (bicyclic) bond motifs is 7. The highest BCUT2D eigenvalue weighted by molar-refractivity contribution is 5.88. The second-order valence-electron chi connectivity index (χ2n) is 15.6. The van der Waals surface area contributed by atoms with Crippen LogP contribution in [0.2, 0.25) is 0 Å². The Labute approximate surface area is 288 Å². The van der Waals surface area contributed by atoms with Gasteiger partial charge in [-0.15, -0.1) is 0 Å². The summed E-state index contributed by atoms with van der Waals surface area (Å²) in [6.07, 6.45) is -1.16. The van der Waals surface area contributed by atoms with Crippen LogP contribution in [0.1, 0.15) is 47.5 Å². The molecule has 15 heteroatoms. The van der Waals surface area contributed by atoms with Crippen molar-refractivity contribution in [2.24, 2.45) is 39.9 Å². The SMILES string of the molecule is C/C=C(\C)C(=O)O[C@H]1C[C@@H](OC(C)=O)[C@@]2(C(=O)OC)CO[C@H]3[C@@H](O)[C@@](C)([C@]45O[C@@]4(C)[C@H]4C[C@@H]5O[C@@H]5OC=C[C@H]54)[C@H]4[C@]1(CO[C@]4(O)C(=O)OC)[C@@H]32. The molecular weight excluding hydrogens is 660 g/mol. The fraction of sp³-hybridized carbons (Fsp3) is 0.771. The molecule has 2 bridgehead atoms. The topological polar surface area (TPSA) is 195 Å². The van der Waals surface area contributed by atoms with Crippen LogP contribution in [0.25, 0.3) is 0 Å². The standard InChI is InChI=1S/C35H44O15/c1-8-15(2)25(38)48-19-12-20(47-16(3)36)33(28(39)42-6)13-45-22-23(33)32(19)14-46-34(41,29(40)43-7)27(32)30(4,24(22)37)35-21-11-18(31(35,5)50-35)17-9-10-44-26(17)49-21/h8-10,17-24,26-27,37,41H,11-14H2,1-7H3/b15-8+/t17-,18-,19-,20+,21-,22+,23+,24+,26-,27-,30+,31-,32-,33-,34-,35-/m0/s1. The summed E-state index contributed by atoms with van der Waals surface area (Å²) in [5.74, 6) is -9.05. The molecule has 8 rings (SSSR count). The molecule has 2 N–H and O–H groups in total. The smallest absolute Gasteiger partial charge is 0.366 e. The van der Waals surface area contributed by atoms with Crippen LogP contribution in [0.3, 0.4) is 0 Å². The molecule has 5 heterocycles. The number of aliphatic hydroxyl groups is 2. The molecule has 274 valence electrons. The number of methoxy groups -OCH3 is 2. The predicted octanol–water partition coefficient (Wildman–Crippen LogP) is 0.682. The van der Waals surface area contributed by atoms with E-state index in [4.69, 9.17) is 42.6 Å². The summed E-state index contributed by atoms with van der Waals surface area (Å²) in [7, 11) is 2.29. The van der Waals surface area contributed by atoms with E-state index in [-0.39, 0.29) is 30.4 Å². The Hall–Kier alpha value is -3.08. The van der Waals surface area contributed by atoms with Crippen LogP contribution in [0.4, 0.5) is 0 Å². The van der Waals surface area contributed by atoms with E-state index in [1.165, 1.54) is 14.0 Å². The number of hydrogen-bond acceptors (Lipinski definition) is 15. The quantitative estimate of drug-likeness (QED) is 0.169. The van der Waals surface area contributed by atoms with Gasteiger partial charge in [0.25, 0.3) is 5.79 Å². The Bertz CT molecular complexity index is 1610. The second-order valence-corrected chi connectivity index (χ2v) is 15.6. The number of carbonyl (C=O) groups is 4. The maximum Gasteiger partial charge on any atom is 0.366 e. The molecular formula is C35H44O15. The summed E-state index contributed by atoms with van der Waals surface area (Å²) < 4.78 is 54.5. The minimum Gasteiger partial charge on any atom is -0.472 e. The minimum atomic E-state index is -2.75. The lowest BCUT2D eigenvalue weighted by atomic mass is 9.37. The molecule has 1 spiro atoms. The average Bonchev–Trinajstić information content (AvgIpc) is 3.52. The van der Waals surface area contributed by atoms with Gasteiger partial charge in [-0.2, -0.15) is 0 Å². The van der Waals surface area contributed by atoms with Crippen LogP contribution >= 0.6 is 0 Å². The molecule has 0 unspecified atom stereocenters. The van der Waals surface area contributed by atoms with Gasteiger partial charge in [-0.25, -0.2) is 9.59 Å². The zero-order valence-electron chi connectivity index (χ0n) is 29.0. The lowest BCUT2D eigenvalue weighted by Gasteiger charge is -2.65. The Morgan fingerprint density at radius 3 is 2.36 bits per heavy atom. The van der Waals surface area contributed by atoms with Gasteiger partial charge in [-0.1, -0.05) is 13.0 Å². The van der Waals surface area contributed by atoms with Gasteiger partial charge in [-0.3, -0.25) is 9.59 Å². The number of rotatable bonds is 6. The van der Waals surface area contributed by atoms with Gasteiger partial charge in [0.2, 0.25) is 6.29 Å². The molecule has 0 aromatic rings. The summed E-state index contributed by atoms with van der Waals surface area (Å²) in [5, 5.41) is 25.6. The van der Waals surface area contributed by atoms with Gasteiger partial charge in [0.05, 0.1) is 52.0 Å². The van der Waals surface area contributed by atoms with Crippen molar-refractivity contribution < 1.29 is 72.0 Å². The number of esters is 4. The highest BCUT2D eigenvalue weighted by Crippen LogP contribution is 2.82. The summed E-state index contributed by atoms with van der Waals surface area (Å²) in [5.41, 5.74) is -7.12. The van der Waals surface area contributed by atoms with E-state index in [1.807, 2.05) is 13.0 Å². The predicted molar refractivity (Wildman–Crippen MR) is 163 cm³/mol. The number of epoxide rings is 1. The van der Waals surface area contributed by atoms with Crippen LogP contribution < -0.4 is 0 Å². The van der Waals surface area contributed by atoms with Gasteiger partial charge < -0.3 is 52.8 Å². The average molecular weight is 705 g/mol. The van der Waals surface area contributed by atoms with Gasteiger partial charge >= 0.3 is 23.9 Å². The maximum atomic E-state index is 14.2. The molecule has 3 saturated carbocycles. The molecule has 8 aliphatic rings. The Balaban J connectivity index is 1.39. The number of hydrogen-bond donors (Lipinski definition) is 2. The number of ether oxygens (including phenoxy) is 9. The van der Waals surface area contributed by atoms with Crippen LogP contribution in [0.5, 0.6) is 0 Å². The number of aliphatic hydroxyl groups excluding tert-OH is 1. The van der Waals surface area contributed by atoms with Crippen molar-refractivity contribution in [1.82, 2.24) is 0 Å². The molecule has 7 fully saturated rings. The van der Waals surface area contributed by atoms with Crippen LogP contribution in [0, 0.1) is 39.9 Å². The number of allylic oxidation sites excluding steroid dienone is 1. The third-order valence-corrected chi connectivity index (χ3v) is 14.0. The summed E-state index contributed by atoms with van der Waals surface area (Å²) >= 11 is 0. The maximum absolute atomic E-state index is 14.2. The molecule has 16 atom stereocenters. The minimum absolute atomic E-state index is 0.124. The molecule has 0 aromatic heterocycles. The lowest BCUT2D eigenvalue weighted by molar-refractivity contribution is -0.308. The monoisotopic (exact) mass is 704 g/mol. The molecule has 0 amide bonds. The molecule has 5 aliphatic heterocycles. The van der Waals surface area contributed by atoms with Crippen molar-refractivity contribution in [1.29, 1.82) is 0 Å². The van der Waals surface area contributed by atoms with Crippen molar-refractivity contribution in [2.45, 2.75) is 101 Å². The highest BCUT2D eigenvalue weighted by atomic mass is 16.7. The van der Waals surface area contributed by atoms with Gasteiger partial charge in [-0.05, 0) is 33.3 Å². The fourth-order valence-electron chi connectivity index (χ4n) is 12.1. The summed E-state index contributed by atoms with van der Waals surface area (Å²) in [6, 6.07) is 0. The van der Waals surface area contributed by atoms with E-state index in [0.717, 1.165) is 7.11 Å². The van der Waals surface area contributed by atoms with E-state index >= 15 is 0 Å². The first-order chi connectivity index (χ1) is 23.6. The van der Waals surface area contributed by atoms with Crippen molar-refractivity contribution in [3.8, 4) is 0 Å². The summed E-state index contributed by atoms with van der Waals surface area (Å²) in [6.45, 7) is 7.28. The van der Waals surface area contributed by atoms with E-state index in [0.29, 0.717) is 6.42 Å². The van der Waals surface area contributed by atoms with Crippen molar-refractivity contribution in [3.05, 3.63) is 24.0 Å². The highest BCUT2D eigenvalue weighted by Gasteiger charge is 2.96. The Morgan fingerprint density at radius 1 is 0.980 bits per heavy atom. The van der Waals surface area contributed by atoms with Crippen molar-refractivity contribution >= 4 is 23.9 Å². The Kier molecular flexibility index (Phi) is 7.15. The molecule has 3 aliphatic carbocycles. The van der Waals surface area contributed by atoms with E-state index in [9.17, 15) is 29.4 Å².